The van der Waals surface area contributed by atoms with Gasteiger partial charge in [-0.3, -0.25) is 9.78 Å². The molecule has 0 spiro atoms. The second-order valence-electron chi connectivity index (χ2n) is 6.14. The molecule has 2 aromatic heterocycles. The van der Waals surface area contributed by atoms with Crippen molar-refractivity contribution in [1.82, 2.24) is 14.8 Å². The van der Waals surface area contributed by atoms with Gasteiger partial charge in [0.05, 0.1) is 11.3 Å². The van der Waals surface area contributed by atoms with Crippen LogP contribution in [-0.2, 0) is 4.79 Å². The fourth-order valence-electron chi connectivity index (χ4n) is 2.56. The van der Waals surface area contributed by atoms with Gasteiger partial charge < -0.3 is 0 Å². The van der Waals surface area contributed by atoms with Crippen LogP contribution in [0.1, 0.15) is 19.4 Å². The van der Waals surface area contributed by atoms with E-state index in [-0.39, 0.29) is 17.3 Å². The van der Waals surface area contributed by atoms with Gasteiger partial charge in [-0.15, -0.1) is 0 Å². The fourth-order valence-corrected chi connectivity index (χ4v) is 2.56. The molecule has 0 N–H and O–H groups in total. The molecule has 3 aromatic rings. The van der Waals surface area contributed by atoms with Crippen LogP contribution in [0, 0.1) is 17.2 Å². The van der Waals surface area contributed by atoms with Crippen molar-refractivity contribution in [3.63, 3.8) is 0 Å². The lowest BCUT2D eigenvalue weighted by Crippen LogP contribution is -2.08. The summed E-state index contributed by atoms with van der Waals surface area (Å²) in [6.45, 7) is 3.56. The van der Waals surface area contributed by atoms with Crippen LogP contribution in [-0.4, -0.2) is 20.5 Å². The Morgan fingerprint density at radius 3 is 2.58 bits per heavy atom. The second-order valence-corrected chi connectivity index (χ2v) is 6.14. The SMILES string of the molecule is CC(C)C(=O)/C(C#N)=C\c1cn(-c2ccccc2)nc1-c1cccnc1. The largest absolute Gasteiger partial charge is 0.293 e. The number of pyridine rings is 1. The van der Waals surface area contributed by atoms with Gasteiger partial charge in [-0.2, -0.15) is 10.4 Å². The minimum absolute atomic E-state index is 0.123. The third-order valence-corrected chi connectivity index (χ3v) is 3.91. The van der Waals surface area contributed by atoms with Crippen molar-refractivity contribution in [2.45, 2.75) is 13.8 Å². The van der Waals surface area contributed by atoms with Crippen molar-refractivity contribution in [3.05, 3.63) is 72.2 Å². The summed E-state index contributed by atoms with van der Waals surface area (Å²) in [7, 11) is 0. The number of allylic oxidation sites excluding steroid dienone is 1. The van der Waals surface area contributed by atoms with Crippen LogP contribution in [0.25, 0.3) is 23.0 Å². The number of carbonyl (C=O) groups is 1. The van der Waals surface area contributed by atoms with Gasteiger partial charge in [-0.25, -0.2) is 4.68 Å². The molecule has 5 nitrogen and oxygen atoms in total. The predicted molar refractivity (Wildman–Crippen MR) is 100 cm³/mol. The van der Waals surface area contributed by atoms with E-state index < -0.39 is 0 Å². The molecule has 0 fully saturated rings. The summed E-state index contributed by atoms with van der Waals surface area (Å²) >= 11 is 0. The summed E-state index contributed by atoms with van der Waals surface area (Å²) in [6.07, 6.45) is 6.83. The first kappa shape index (κ1) is 17.3. The summed E-state index contributed by atoms with van der Waals surface area (Å²) in [5, 5.41) is 14.1. The molecule has 2 heterocycles. The minimum atomic E-state index is -0.244. The topological polar surface area (TPSA) is 71.6 Å². The number of hydrogen-bond donors (Lipinski definition) is 0. The zero-order valence-electron chi connectivity index (χ0n) is 14.6. The first-order valence-electron chi connectivity index (χ1n) is 8.31. The molecule has 0 aliphatic heterocycles. The molecular weight excluding hydrogens is 324 g/mol. The van der Waals surface area contributed by atoms with Gasteiger partial charge >= 0.3 is 0 Å². The van der Waals surface area contributed by atoms with Crippen LogP contribution >= 0.6 is 0 Å². The number of aromatic nitrogens is 3. The molecule has 0 bridgehead atoms. The zero-order chi connectivity index (χ0) is 18.5. The van der Waals surface area contributed by atoms with Crippen molar-refractivity contribution >= 4 is 11.9 Å². The van der Waals surface area contributed by atoms with E-state index in [0.29, 0.717) is 11.3 Å². The highest BCUT2D eigenvalue weighted by Crippen LogP contribution is 2.25. The third-order valence-electron chi connectivity index (χ3n) is 3.91. The maximum absolute atomic E-state index is 12.3. The van der Waals surface area contributed by atoms with E-state index in [0.717, 1.165) is 11.3 Å². The molecule has 3 rings (SSSR count). The Morgan fingerprint density at radius 2 is 1.96 bits per heavy atom. The zero-order valence-corrected chi connectivity index (χ0v) is 14.6. The Kier molecular flexibility index (Phi) is 5.04. The Labute approximate surface area is 152 Å². The molecule has 0 unspecified atom stereocenters. The second kappa shape index (κ2) is 7.58. The summed E-state index contributed by atoms with van der Waals surface area (Å²) in [5.41, 5.74) is 3.21. The molecular formula is C21H18N4O. The highest BCUT2D eigenvalue weighted by molar-refractivity contribution is 6.04. The molecule has 0 aliphatic rings. The van der Waals surface area contributed by atoms with Crippen LogP contribution in [0.3, 0.4) is 0 Å². The molecule has 0 atom stereocenters. The quantitative estimate of drug-likeness (QED) is 0.518. The van der Waals surface area contributed by atoms with E-state index in [9.17, 15) is 10.1 Å². The van der Waals surface area contributed by atoms with Crippen molar-refractivity contribution < 1.29 is 4.79 Å². The van der Waals surface area contributed by atoms with Crippen molar-refractivity contribution in [2.75, 3.05) is 0 Å². The molecule has 26 heavy (non-hydrogen) atoms. The van der Waals surface area contributed by atoms with E-state index in [2.05, 4.69) is 10.1 Å². The number of para-hydroxylation sites is 1. The lowest BCUT2D eigenvalue weighted by atomic mass is 9.99. The Morgan fingerprint density at radius 1 is 1.19 bits per heavy atom. The van der Waals surface area contributed by atoms with Crippen LogP contribution in [0.2, 0.25) is 0 Å². The molecule has 0 saturated carbocycles. The van der Waals surface area contributed by atoms with E-state index in [1.165, 1.54) is 0 Å². The predicted octanol–water partition coefficient (Wildman–Crippen LogP) is 4.07. The Bertz CT molecular complexity index is 980. The maximum Gasteiger partial charge on any atom is 0.175 e. The lowest BCUT2D eigenvalue weighted by molar-refractivity contribution is -0.117. The van der Waals surface area contributed by atoms with Crippen LogP contribution in [0.5, 0.6) is 0 Å². The monoisotopic (exact) mass is 342 g/mol. The van der Waals surface area contributed by atoms with E-state index >= 15 is 0 Å². The smallest absolute Gasteiger partial charge is 0.175 e. The van der Waals surface area contributed by atoms with Gasteiger partial charge in [0, 0.05) is 35.6 Å². The van der Waals surface area contributed by atoms with Gasteiger partial charge in [-0.1, -0.05) is 32.0 Å². The van der Waals surface area contributed by atoms with Crippen molar-refractivity contribution in [2.24, 2.45) is 5.92 Å². The number of hydrogen-bond acceptors (Lipinski definition) is 4. The summed E-state index contributed by atoms with van der Waals surface area (Å²) in [5.74, 6) is -0.427. The van der Waals surface area contributed by atoms with Gasteiger partial charge in [-0.05, 0) is 30.3 Å². The summed E-state index contributed by atoms with van der Waals surface area (Å²) in [4.78, 5) is 16.4. The van der Waals surface area contributed by atoms with Crippen molar-refractivity contribution in [3.8, 4) is 23.0 Å². The normalized spacial score (nSPS) is 11.4. The lowest BCUT2D eigenvalue weighted by Gasteiger charge is -2.02. The number of ketones is 1. The molecule has 128 valence electrons. The number of nitriles is 1. The highest BCUT2D eigenvalue weighted by atomic mass is 16.1. The highest BCUT2D eigenvalue weighted by Gasteiger charge is 2.17. The van der Waals surface area contributed by atoms with Gasteiger partial charge in [0.2, 0.25) is 0 Å². The van der Waals surface area contributed by atoms with Crippen LogP contribution < -0.4 is 0 Å². The van der Waals surface area contributed by atoms with Gasteiger partial charge in [0.1, 0.15) is 11.8 Å². The van der Waals surface area contributed by atoms with Crippen molar-refractivity contribution in [1.29, 1.82) is 5.26 Å². The van der Waals surface area contributed by atoms with E-state index in [1.54, 1.807) is 37.0 Å². The number of carbonyl (C=O) groups excluding carboxylic acids is 1. The van der Waals surface area contributed by atoms with E-state index in [4.69, 9.17) is 0 Å². The Hall–Kier alpha value is -3.52. The van der Waals surface area contributed by atoms with E-state index in [1.807, 2.05) is 54.7 Å². The average molecular weight is 342 g/mol. The molecule has 0 saturated heterocycles. The Balaban J connectivity index is 2.16. The first-order chi connectivity index (χ1) is 12.6. The molecule has 5 heteroatoms. The number of Topliss-reactive ketones (excluding diaryl/α,β-unsaturated/α-hetero) is 1. The fraction of sp³-hybridized carbons (Fsp3) is 0.143. The molecule has 0 radical (unpaired) electrons. The van der Waals surface area contributed by atoms with Gasteiger partial charge in [0.25, 0.3) is 0 Å². The minimum Gasteiger partial charge on any atom is -0.293 e. The summed E-state index contributed by atoms with van der Waals surface area (Å²) in [6, 6.07) is 15.4. The molecule has 1 aromatic carbocycles. The van der Waals surface area contributed by atoms with Crippen LogP contribution in [0.4, 0.5) is 0 Å². The van der Waals surface area contributed by atoms with Gasteiger partial charge in [0.15, 0.2) is 5.78 Å². The first-order valence-corrected chi connectivity index (χ1v) is 8.31. The maximum atomic E-state index is 12.3. The number of rotatable bonds is 5. The third kappa shape index (κ3) is 3.60. The molecule has 0 amide bonds. The summed E-state index contributed by atoms with van der Waals surface area (Å²) < 4.78 is 1.74. The molecule has 0 aliphatic carbocycles. The number of nitrogens with zero attached hydrogens (tertiary/aromatic N) is 4. The number of benzene rings is 1. The standard InChI is InChI=1S/C21H18N4O/c1-15(2)21(26)17(12-22)11-18-14-25(19-8-4-3-5-9-19)24-20(18)16-7-6-10-23-13-16/h3-11,13-15H,1-2H3/b17-11-. The average Bonchev–Trinajstić information content (AvgIpc) is 3.10. The van der Waals surface area contributed by atoms with Crippen LogP contribution in [0.15, 0.2) is 66.6 Å².